The Morgan fingerprint density at radius 3 is 2.12 bits per heavy atom. The first-order chi connectivity index (χ1) is 12.4. The Balaban J connectivity index is 1.98. The summed E-state index contributed by atoms with van der Waals surface area (Å²) in [5.41, 5.74) is 0.962. The molecule has 0 aliphatic rings. The fourth-order valence-corrected chi connectivity index (χ4v) is 2.44. The van der Waals surface area contributed by atoms with Crippen LogP contribution in [0.2, 0.25) is 0 Å². The first-order valence-corrected chi connectivity index (χ1v) is 7.64. The van der Waals surface area contributed by atoms with Crippen LogP contribution >= 0.6 is 0 Å². The molecule has 3 rings (SSSR count). The maximum atomic E-state index is 13.5. The van der Waals surface area contributed by atoms with Gasteiger partial charge in [0.15, 0.2) is 17.5 Å². The molecule has 0 aliphatic heterocycles. The van der Waals surface area contributed by atoms with E-state index in [9.17, 15) is 23.1 Å². The first-order valence-electron chi connectivity index (χ1n) is 7.64. The van der Waals surface area contributed by atoms with E-state index in [1.807, 2.05) is 30.3 Å². The van der Waals surface area contributed by atoms with E-state index in [-0.39, 0.29) is 29.0 Å². The van der Waals surface area contributed by atoms with Crippen LogP contribution in [0.25, 0.3) is 11.1 Å². The zero-order valence-corrected chi connectivity index (χ0v) is 13.4. The monoisotopic (exact) mass is 358 g/mol. The average Bonchev–Trinajstić information content (AvgIpc) is 2.64. The average molecular weight is 358 g/mol. The van der Waals surface area contributed by atoms with Crippen molar-refractivity contribution in [3.8, 4) is 16.9 Å². The van der Waals surface area contributed by atoms with Crippen LogP contribution < -0.4 is 4.74 Å². The number of aromatic carboxylic acids is 1. The van der Waals surface area contributed by atoms with Crippen LogP contribution in [0, 0.1) is 17.5 Å². The van der Waals surface area contributed by atoms with Crippen molar-refractivity contribution in [2.24, 2.45) is 0 Å². The maximum Gasteiger partial charge on any atom is 0.335 e. The zero-order chi connectivity index (χ0) is 18.7. The van der Waals surface area contributed by atoms with Crippen LogP contribution in [0.4, 0.5) is 13.2 Å². The summed E-state index contributed by atoms with van der Waals surface area (Å²) < 4.78 is 45.7. The van der Waals surface area contributed by atoms with Crippen LogP contribution in [0.5, 0.6) is 5.75 Å². The van der Waals surface area contributed by atoms with Crippen LogP contribution in [-0.2, 0) is 6.61 Å². The summed E-state index contributed by atoms with van der Waals surface area (Å²) in [6.07, 6.45) is 0. The zero-order valence-electron chi connectivity index (χ0n) is 13.4. The Labute approximate surface area is 147 Å². The number of benzene rings is 3. The topological polar surface area (TPSA) is 46.5 Å². The minimum Gasteiger partial charge on any atom is -0.489 e. The molecule has 0 heterocycles. The highest BCUT2D eigenvalue weighted by atomic mass is 19.2. The summed E-state index contributed by atoms with van der Waals surface area (Å²) in [4.78, 5) is 11.3. The molecule has 0 spiro atoms. The van der Waals surface area contributed by atoms with Crippen LogP contribution in [0.3, 0.4) is 0 Å². The molecule has 0 unspecified atom stereocenters. The molecule has 0 fully saturated rings. The van der Waals surface area contributed by atoms with E-state index in [0.717, 1.165) is 17.7 Å². The number of rotatable bonds is 5. The lowest BCUT2D eigenvalue weighted by atomic mass is 10.0. The Hall–Kier alpha value is -3.28. The molecule has 0 saturated carbocycles. The lowest BCUT2D eigenvalue weighted by Crippen LogP contribution is -2.01. The molecular formula is C20H13F3O3. The molecule has 6 heteroatoms. The second-order valence-electron chi connectivity index (χ2n) is 5.58. The highest BCUT2D eigenvalue weighted by Crippen LogP contribution is 2.29. The summed E-state index contributed by atoms with van der Waals surface area (Å²) in [5.74, 6) is -5.29. The van der Waals surface area contributed by atoms with Gasteiger partial charge in [-0.2, -0.15) is 0 Å². The van der Waals surface area contributed by atoms with Crippen molar-refractivity contribution in [3.05, 3.63) is 89.2 Å². The number of carboxylic acids is 1. The molecule has 3 aromatic carbocycles. The SMILES string of the molecule is O=C(O)c1cc(OCc2ccccc2)cc(-c2cc(F)c(F)c(F)c2)c1. The van der Waals surface area contributed by atoms with Crippen molar-refractivity contribution in [3.63, 3.8) is 0 Å². The fraction of sp³-hybridized carbons (Fsp3) is 0.0500. The molecule has 1 N–H and O–H groups in total. The molecule has 0 aliphatic carbocycles. The van der Waals surface area contributed by atoms with Gasteiger partial charge in [0.25, 0.3) is 0 Å². The Morgan fingerprint density at radius 1 is 0.885 bits per heavy atom. The smallest absolute Gasteiger partial charge is 0.335 e. The fourth-order valence-electron chi connectivity index (χ4n) is 2.44. The Bertz CT molecular complexity index is 933. The largest absolute Gasteiger partial charge is 0.489 e. The van der Waals surface area contributed by atoms with Gasteiger partial charge in [0.05, 0.1) is 5.56 Å². The third kappa shape index (κ3) is 3.85. The van der Waals surface area contributed by atoms with Crippen LogP contribution in [0.1, 0.15) is 15.9 Å². The summed E-state index contributed by atoms with van der Waals surface area (Å²) >= 11 is 0. The number of carbonyl (C=O) groups is 1. The van der Waals surface area contributed by atoms with Crippen molar-refractivity contribution in [2.75, 3.05) is 0 Å². The molecule has 132 valence electrons. The summed E-state index contributed by atoms with van der Waals surface area (Å²) in [6, 6.07) is 14.8. The van der Waals surface area contributed by atoms with Crippen molar-refractivity contribution in [1.29, 1.82) is 0 Å². The van der Waals surface area contributed by atoms with Gasteiger partial charge in [0, 0.05) is 0 Å². The van der Waals surface area contributed by atoms with Crippen molar-refractivity contribution in [2.45, 2.75) is 6.61 Å². The molecule has 3 nitrogen and oxygen atoms in total. The highest BCUT2D eigenvalue weighted by Gasteiger charge is 2.14. The predicted octanol–water partition coefficient (Wildman–Crippen LogP) is 5.05. The molecule has 0 saturated heterocycles. The number of halogens is 3. The normalized spacial score (nSPS) is 10.6. The third-order valence-electron chi connectivity index (χ3n) is 3.72. The van der Waals surface area contributed by atoms with Crippen LogP contribution in [0.15, 0.2) is 60.7 Å². The van der Waals surface area contributed by atoms with Crippen molar-refractivity contribution in [1.82, 2.24) is 0 Å². The van der Waals surface area contributed by atoms with E-state index in [2.05, 4.69) is 0 Å². The summed E-state index contributed by atoms with van der Waals surface area (Å²) in [5, 5.41) is 9.26. The van der Waals surface area contributed by atoms with E-state index >= 15 is 0 Å². The first kappa shape index (κ1) is 17.5. The second kappa shape index (κ2) is 7.31. The van der Waals surface area contributed by atoms with Gasteiger partial charge >= 0.3 is 5.97 Å². The van der Waals surface area contributed by atoms with E-state index in [1.54, 1.807) is 0 Å². The van der Waals surface area contributed by atoms with Gasteiger partial charge in [-0.1, -0.05) is 30.3 Å². The highest BCUT2D eigenvalue weighted by molar-refractivity contribution is 5.90. The molecule has 0 atom stereocenters. The standard InChI is InChI=1S/C20H13F3O3/c21-17-9-14(10-18(22)19(17)23)13-6-15(20(24)25)8-16(7-13)26-11-12-4-2-1-3-5-12/h1-10H,11H2,(H,24,25). The van der Waals surface area contributed by atoms with Gasteiger partial charge in [-0.15, -0.1) is 0 Å². The summed E-state index contributed by atoms with van der Waals surface area (Å²) in [6.45, 7) is 0.190. The number of hydrogen-bond acceptors (Lipinski definition) is 2. The number of carboxylic acid groups (broad SMARTS) is 1. The molecule has 0 radical (unpaired) electrons. The molecule has 3 aromatic rings. The third-order valence-corrected chi connectivity index (χ3v) is 3.72. The van der Waals surface area contributed by atoms with Crippen LogP contribution in [-0.4, -0.2) is 11.1 Å². The quantitative estimate of drug-likeness (QED) is 0.650. The van der Waals surface area contributed by atoms with Gasteiger partial charge in [0.1, 0.15) is 12.4 Å². The van der Waals surface area contributed by atoms with E-state index in [1.165, 1.54) is 18.2 Å². The van der Waals surface area contributed by atoms with Crippen molar-refractivity contribution < 1.29 is 27.8 Å². The number of hydrogen-bond donors (Lipinski definition) is 1. The second-order valence-corrected chi connectivity index (χ2v) is 5.58. The molecule has 0 bridgehead atoms. The molecule has 26 heavy (non-hydrogen) atoms. The lowest BCUT2D eigenvalue weighted by molar-refractivity contribution is 0.0696. The van der Waals surface area contributed by atoms with Crippen molar-refractivity contribution >= 4 is 5.97 Å². The minimum atomic E-state index is -1.58. The van der Waals surface area contributed by atoms with E-state index in [4.69, 9.17) is 4.74 Å². The van der Waals surface area contributed by atoms with E-state index in [0.29, 0.717) is 0 Å². The maximum absolute atomic E-state index is 13.5. The van der Waals surface area contributed by atoms with Gasteiger partial charge < -0.3 is 9.84 Å². The van der Waals surface area contributed by atoms with Gasteiger partial charge in [-0.3, -0.25) is 0 Å². The minimum absolute atomic E-state index is 0.00839. The van der Waals surface area contributed by atoms with E-state index < -0.39 is 23.4 Å². The van der Waals surface area contributed by atoms with Gasteiger partial charge in [-0.25, -0.2) is 18.0 Å². The predicted molar refractivity (Wildman–Crippen MR) is 89.5 cm³/mol. The molecule has 0 amide bonds. The lowest BCUT2D eigenvalue weighted by Gasteiger charge is -2.11. The number of ether oxygens (including phenoxy) is 1. The molecular weight excluding hydrogens is 345 g/mol. The van der Waals surface area contributed by atoms with Gasteiger partial charge in [-0.05, 0) is 47.0 Å². The summed E-state index contributed by atoms with van der Waals surface area (Å²) in [7, 11) is 0. The Morgan fingerprint density at radius 2 is 1.50 bits per heavy atom. The van der Waals surface area contributed by atoms with Gasteiger partial charge in [0.2, 0.25) is 0 Å². The molecule has 0 aromatic heterocycles. The Kier molecular flexibility index (Phi) is 4.93.